The van der Waals surface area contributed by atoms with Crippen molar-refractivity contribution in [2.45, 2.75) is 6.42 Å². The Labute approximate surface area is 104 Å². The van der Waals surface area contributed by atoms with Crippen molar-refractivity contribution >= 4 is 16.6 Å². The Morgan fingerprint density at radius 3 is 2.94 bits per heavy atom. The second kappa shape index (κ2) is 4.83. The molecule has 0 aliphatic carbocycles. The highest BCUT2D eigenvalue weighted by Gasteiger charge is 2.02. The van der Waals surface area contributed by atoms with Gasteiger partial charge in [-0.05, 0) is 11.5 Å². The van der Waals surface area contributed by atoms with Crippen LogP contribution in [0.5, 0.6) is 0 Å². The normalized spacial score (nSPS) is 10.7. The van der Waals surface area contributed by atoms with Crippen LogP contribution in [-0.2, 0) is 6.42 Å². The fourth-order valence-corrected chi connectivity index (χ4v) is 1.86. The van der Waals surface area contributed by atoms with E-state index in [4.69, 9.17) is 0 Å². The van der Waals surface area contributed by atoms with Gasteiger partial charge >= 0.3 is 0 Å². The average molecular weight is 240 g/mol. The first-order chi connectivity index (χ1) is 8.93. The van der Waals surface area contributed by atoms with Crippen molar-refractivity contribution in [1.82, 2.24) is 15.1 Å². The number of pyridine rings is 1. The zero-order valence-electron chi connectivity index (χ0n) is 9.71. The summed E-state index contributed by atoms with van der Waals surface area (Å²) in [6.07, 6.45) is 3.85. The van der Waals surface area contributed by atoms with Crippen LogP contribution < -0.4 is 5.32 Å². The maximum absolute atomic E-state index is 4.68. The van der Waals surface area contributed by atoms with Crippen LogP contribution in [0.2, 0.25) is 0 Å². The molecule has 0 saturated carbocycles. The van der Waals surface area contributed by atoms with Gasteiger partial charge in [0.15, 0.2) is 5.82 Å². The molecule has 3 rings (SSSR count). The predicted octanol–water partition coefficient (Wildman–Crippen LogP) is 2.27. The highest BCUT2D eigenvalue weighted by atomic mass is 16.5. The first-order valence-electron chi connectivity index (χ1n) is 5.76. The fourth-order valence-electron chi connectivity index (χ4n) is 1.86. The van der Waals surface area contributed by atoms with Gasteiger partial charge in [0.2, 0.25) is 6.39 Å². The first kappa shape index (κ1) is 10.7. The van der Waals surface area contributed by atoms with Gasteiger partial charge in [-0.1, -0.05) is 29.4 Å². The van der Waals surface area contributed by atoms with E-state index in [0.29, 0.717) is 12.2 Å². The van der Waals surface area contributed by atoms with E-state index in [1.807, 2.05) is 18.2 Å². The lowest BCUT2D eigenvalue weighted by Gasteiger charge is -2.07. The molecule has 0 fully saturated rings. The van der Waals surface area contributed by atoms with E-state index in [-0.39, 0.29) is 0 Å². The van der Waals surface area contributed by atoms with Crippen LogP contribution in [-0.4, -0.2) is 21.7 Å². The zero-order valence-corrected chi connectivity index (χ0v) is 9.71. The fraction of sp³-hybridized carbons (Fsp3) is 0.154. The maximum atomic E-state index is 4.68. The monoisotopic (exact) mass is 240 g/mol. The highest BCUT2D eigenvalue weighted by molar-refractivity contribution is 5.91. The second-order valence-electron chi connectivity index (χ2n) is 3.90. The molecule has 5 nitrogen and oxygen atoms in total. The average Bonchev–Trinajstić information content (AvgIpc) is 2.92. The Hall–Kier alpha value is -2.43. The summed E-state index contributed by atoms with van der Waals surface area (Å²) in [7, 11) is 0. The third-order valence-electron chi connectivity index (χ3n) is 2.72. The van der Waals surface area contributed by atoms with Crippen molar-refractivity contribution in [3.63, 3.8) is 0 Å². The molecule has 0 atom stereocenters. The molecule has 18 heavy (non-hydrogen) atoms. The van der Waals surface area contributed by atoms with Gasteiger partial charge in [0.1, 0.15) is 5.82 Å². The van der Waals surface area contributed by atoms with Crippen LogP contribution in [0.25, 0.3) is 10.8 Å². The Morgan fingerprint density at radius 1 is 1.11 bits per heavy atom. The van der Waals surface area contributed by atoms with Crippen LogP contribution in [0.15, 0.2) is 47.4 Å². The molecule has 0 aliphatic rings. The first-order valence-corrected chi connectivity index (χ1v) is 5.76. The number of benzene rings is 1. The molecule has 0 bridgehead atoms. The SMILES string of the molecule is c1ccc2c(NCCc3ncon3)nccc2c1. The summed E-state index contributed by atoms with van der Waals surface area (Å²) in [5, 5.41) is 9.35. The Balaban J connectivity index is 1.74. The summed E-state index contributed by atoms with van der Waals surface area (Å²) >= 11 is 0. The van der Waals surface area contributed by atoms with E-state index in [1.165, 1.54) is 11.8 Å². The van der Waals surface area contributed by atoms with Crippen LogP contribution in [0, 0.1) is 0 Å². The Kier molecular flexibility index (Phi) is 2.87. The molecular weight excluding hydrogens is 228 g/mol. The van der Waals surface area contributed by atoms with E-state index in [2.05, 4.69) is 37.1 Å². The quantitative estimate of drug-likeness (QED) is 0.757. The van der Waals surface area contributed by atoms with Gasteiger partial charge in [-0.3, -0.25) is 0 Å². The van der Waals surface area contributed by atoms with E-state index in [9.17, 15) is 0 Å². The number of rotatable bonds is 4. The van der Waals surface area contributed by atoms with E-state index in [0.717, 1.165) is 17.7 Å². The zero-order chi connectivity index (χ0) is 12.2. The second-order valence-corrected chi connectivity index (χ2v) is 3.90. The van der Waals surface area contributed by atoms with Crippen molar-refractivity contribution in [3.8, 4) is 0 Å². The molecule has 90 valence electrons. The molecule has 0 unspecified atom stereocenters. The van der Waals surface area contributed by atoms with E-state index in [1.54, 1.807) is 6.20 Å². The van der Waals surface area contributed by atoms with Gasteiger partial charge < -0.3 is 9.84 Å². The molecule has 1 aromatic carbocycles. The number of hydrogen-bond donors (Lipinski definition) is 1. The number of anilines is 1. The lowest BCUT2D eigenvalue weighted by molar-refractivity contribution is 0.410. The number of nitrogens with zero attached hydrogens (tertiary/aromatic N) is 3. The minimum Gasteiger partial charge on any atom is -0.369 e. The summed E-state index contributed by atoms with van der Waals surface area (Å²) in [4.78, 5) is 8.32. The van der Waals surface area contributed by atoms with Crippen LogP contribution in [0.1, 0.15) is 5.82 Å². The molecule has 0 saturated heterocycles. The molecular formula is C13H12N4O. The molecule has 2 heterocycles. The van der Waals surface area contributed by atoms with E-state index < -0.39 is 0 Å². The lowest BCUT2D eigenvalue weighted by atomic mass is 10.1. The third-order valence-corrected chi connectivity index (χ3v) is 2.72. The number of nitrogens with one attached hydrogen (secondary N) is 1. The van der Waals surface area contributed by atoms with Gasteiger partial charge in [-0.25, -0.2) is 4.98 Å². The molecule has 5 heteroatoms. The maximum Gasteiger partial charge on any atom is 0.213 e. The number of aromatic nitrogens is 3. The van der Waals surface area contributed by atoms with Gasteiger partial charge in [-0.2, -0.15) is 4.98 Å². The van der Waals surface area contributed by atoms with E-state index >= 15 is 0 Å². The molecule has 1 N–H and O–H groups in total. The molecule has 3 aromatic rings. The Morgan fingerprint density at radius 2 is 2.06 bits per heavy atom. The van der Waals surface area contributed by atoms with Gasteiger partial charge in [-0.15, -0.1) is 0 Å². The Bertz CT molecular complexity index is 631. The summed E-state index contributed by atoms with van der Waals surface area (Å²) in [5.41, 5.74) is 0. The van der Waals surface area contributed by atoms with Gasteiger partial charge in [0, 0.05) is 24.5 Å². The van der Waals surface area contributed by atoms with Crippen molar-refractivity contribution in [1.29, 1.82) is 0 Å². The third kappa shape index (κ3) is 2.15. The standard InChI is InChI=1S/C13H12N4O/c1-2-4-11-10(3-1)5-7-14-13(11)15-8-6-12-16-9-18-17-12/h1-5,7,9H,6,8H2,(H,14,15). The minimum absolute atomic E-state index is 0.697. The number of hydrogen-bond acceptors (Lipinski definition) is 5. The van der Waals surface area contributed by atoms with Crippen molar-refractivity contribution in [2.24, 2.45) is 0 Å². The van der Waals surface area contributed by atoms with Crippen molar-refractivity contribution in [3.05, 3.63) is 48.7 Å². The highest BCUT2D eigenvalue weighted by Crippen LogP contribution is 2.19. The summed E-state index contributed by atoms with van der Waals surface area (Å²) < 4.78 is 4.68. The molecule has 0 spiro atoms. The number of fused-ring (bicyclic) bond motifs is 1. The summed E-state index contributed by atoms with van der Waals surface area (Å²) in [5.74, 6) is 1.58. The summed E-state index contributed by atoms with van der Waals surface area (Å²) in [6, 6.07) is 10.2. The molecule has 0 radical (unpaired) electrons. The molecule has 0 amide bonds. The topological polar surface area (TPSA) is 63.8 Å². The van der Waals surface area contributed by atoms with Crippen LogP contribution in [0.3, 0.4) is 0 Å². The van der Waals surface area contributed by atoms with Crippen LogP contribution >= 0.6 is 0 Å². The van der Waals surface area contributed by atoms with Gasteiger partial charge in [0.05, 0.1) is 0 Å². The molecule has 0 aliphatic heterocycles. The van der Waals surface area contributed by atoms with Gasteiger partial charge in [0.25, 0.3) is 0 Å². The van der Waals surface area contributed by atoms with Crippen molar-refractivity contribution < 1.29 is 4.52 Å². The lowest BCUT2D eigenvalue weighted by Crippen LogP contribution is -2.07. The largest absolute Gasteiger partial charge is 0.369 e. The summed E-state index contributed by atoms with van der Waals surface area (Å²) in [6.45, 7) is 0.723. The predicted molar refractivity (Wildman–Crippen MR) is 68.2 cm³/mol. The van der Waals surface area contributed by atoms with Crippen LogP contribution in [0.4, 0.5) is 5.82 Å². The smallest absolute Gasteiger partial charge is 0.213 e. The molecule has 2 aromatic heterocycles. The van der Waals surface area contributed by atoms with Crippen molar-refractivity contribution in [2.75, 3.05) is 11.9 Å². The minimum atomic E-state index is 0.697.